The van der Waals surface area contributed by atoms with Gasteiger partial charge >= 0.3 is 0 Å². The van der Waals surface area contributed by atoms with Gasteiger partial charge < -0.3 is 9.64 Å². The van der Waals surface area contributed by atoms with Crippen LogP contribution in [0.3, 0.4) is 0 Å². The molecule has 0 bridgehead atoms. The van der Waals surface area contributed by atoms with Gasteiger partial charge in [0.2, 0.25) is 5.91 Å². The molecule has 1 aliphatic heterocycles. The number of nitrogens with one attached hydrogen (secondary N) is 1. The van der Waals surface area contributed by atoms with E-state index in [0.29, 0.717) is 17.5 Å². The molecular formula is C21H29ClN4O3. The second-order valence-corrected chi connectivity index (χ2v) is 8.12. The lowest BCUT2D eigenvalue weighted by Crippen LogP contribution is -2.35. The zero-order chi connectivity index (χ0) is 20.8. The molecule has 1 fully saturated rings. The number of nitrogens with zero attached hydrogens (tertiary/aromatic N) is 3. The predicted molar refractivity (Wildman–Crippen MR) is 111 cm³/mol. The van der Waals surface area contributed by atoms with Crippen molar-refractivity contribution < 1.29 is 14.7 Å². The summed E-state index contributed by atoms with van der Waals surface area (Å²) in [7, 11) is 3.73. The number of halogens is 1. The fourth-order valence-corrected chi connectivity index (χ4v) is 4.21. The Balaban J connectivity index is 1.91. The van der Waals surface area contributed by atoms with E-state index < -0.39 is 12.0 Å². The van der Waals surface area contributed by atoms with Gasteiger partial charge in [-0.25, -0.2) is 5.48 Å². The SMILES string of the molecule is CO[C@H](CC(=O)NO)[C@H](Cc1ccc(Cl)cc1)c1ccnn1C1CCN(C)CC1. The molecule has 0 saturated carbocycles. The third kappa shape index (κ3) is 5.57. The monoisotopic (exact) mass is 420 g/mol. The fourth-order valence-electron chi connectivity index (χ4n) is 4.08. The summed E-state index contributed by atoms with van der Waals surface area (Å²) in [5.74, 6) is -0.566. The van der Waals surface area contributed by atoms with Crippen molar-refractivity contribution in [2.75, 3.05) is 27.2 Å². The standard InChI is InChI=1S/C21H29ClN4O3/c1-25-11-8-17(9-12-25)26-19(7-10-23-26)18(20(29-2)14-21(27)24-28)13-15-3-5-16(22)6-4-15/h3-7,10,17-18,20,28H,8-9,11-14H2,1-2H3,(H,24,27)/t18-,20-/m1/s1. The zero-order valence-corrected chi connectivity index (χ0v) is 17.7. The van der Waals surface area contributed by atoms with Crippen molar-refractivity contribution in [1.29, 1.82) is 0 Å². The van der Waals surface area contributed by atoms with E-state index in [1.165, 1.54) is 0 Å². The molecule has 1 amide bonds. The fraction of sp³-hybridized carbons (Fsp3) is 0.524. The van der Waals surface area contributed by atoms with Gasteiger partial charge in [0.05, 0.1) is 18.6 Å². The first kappa shape index (κ1) is 21.8. The van der Waals surface area contributed by atoms with E-state index in [0.717, 1.165) is 37.2 Å². The largest absolute Gasteiger partial charge is 0.380 e. The van der Waals surface area contributed by atoms with Crippen LogP contribution in [0, 0.1) is 0 Å². The molecule has 0 unspecified atom stereocenters. The van der Waals surface area contributed by atoms with Crippen molar-refractivity contribution in [3.63, 3.8) is 0 Å². The van der Waals surface area contributed by atoms with E-state index >= 15 is 0 Å². The van der Waals surface area contributed by atoms with Crippen LogP contribution in [0.2, 0.25) is 5.02 Å². The lowest BCUT2D eigenvalue weighted by Gasteiger charge is -2.33. The number of methoxy groups -OCH3 is 1. The van der Waals surface area contributed by atoms with E-state index in [1.807, 2.05) is 36.5 Å². The Morgan fingerprint density at radius 2 is 2.00 bits per heavy atom. The second kappa shape index (κ2) is 10.2. The van der Waals surface area contributed by atoms with Crippen molar-refractivity contribution in [1.82, 2.24) is 20.2 Å². The normalized spacial score (nSPS) is 17.8. The number of amides is 1. The zero-order valence-electron chi connectivity index (χ0n) is 16.9. The molecule has 158 valence electrons. The Kier molecular flexibility index (Phi) is 7.66. The molecule has 3 rings (SSSR count). The average Bonchev–Trinajstić information content (AvgIpc) is 3.21. The van der Waals surface area contributed by atoms with Crippen LogP contribution < -0.4 is 5.48 Å². The number of benzene rings is 1. The Bertz CT molecular complexity index is 787. The van der Waals surface area contributed by atoms with Gasteiger partial charge in [0.25, 0.3) is 0 Å². The molecule has 2 N–H and O–H groups in total. The number of carbonyl (C=O) groups excluding carboxylic acids is 1. The van der Waals surface area contributed by atoms with Crippen LogP contribution in [-0.4, -0.2) is 59.1 Å². The molecule has 29 heavy (non-hydrogen) atoms. The molecule has 1 aliphatic rings. The maximum Gasteiger partial charge on any atom is 0.245 e. The molecule has 1 aromatic carbocycles. The van der Waals surface area contributed by atoms with Crippen molar-refractivity contribution in [3.05, 3.63) is 52.8 Å². The summed E-state index contributed by atoms with van der Waals surface area (Å²) in [6.07, 6.45) is 4.22. The minimum absolute atomic E-state index is 0.0594. The van der Waals surface area contributed by atoms with Crippen LogP contribution in [0.25, 0.3) is 0 Å². The first-order valence-corrected chi connectivity index (χ1v) is 10.3. The molecule has 7 nitrogen and oxygen atoms in total. The summed E-state index contributed by atoms with van der Waals surface area (Å²) >= 11 is 6.04. The van der Waals surface area contributed by atoms with Gasteiger partial charge in [-0.05, 0) is 63.2 Å². The summed E-state index contributed by atoms with van der Waals surface area (Å²) in [6, 6.07) is 10.1. The number of hydrogen-bond acceptors (Lipinski definition) is 5. The number of rotatable bonds is 8. The molecule has 1 aromatic heterocycles. The van der Waals surface area contributed by atoms with Crippen LogP contribution in [-0.2, 0) is 16.0 Å². The first-order valence-electron chi connectivity index (χ1n) is 9.94. The van der Waals surface area contributed by atoms with Gasteiger partial charge in [0.15, 0.2) is 0 Å². The van der Waals surface area contributed by atoms with Gasteiger partial charge in [0.1, 0.15) is 0 Å². The molecule has 1 saturated heterocycles. The smallest absolute Gasteiger partial charge is 0.245 e. The Labute approximate surface area is 176 Å². The van der Waals surface area contributed by atoms with Gasteiger partial charge in [-0.15, -0.1) is 0 Å². The van der Waals surface area contributed by atoms with Gasteiger partial charge in [-0.1, -0.05) is 23.7 Å². The van der Waals surface area contributed by atoms with Crippen LogP contribution >= 0.6 is 11.6 Å². The van der Waals surface area contributed by atoms with Gasteiger partial charge in [-0.3, -0.25) is 14.7 Å². The number of hydrogen-bond donors (Lipinski definition) is 2. The molecular weight excluding hydrogens is 392 g/mol. The summed E-state index contributed by atoms with van der Waals surface area (Å²) in [6.45, 7) is 2.07. The Morgan fingerprint density at radius 1 is 1.31 bits per heavy atom. The number of piperidine rings is 1. The molecule has 0 aliphatic carbocycles. The highest BCUT2D eigenvalue weighted by Gasteiger charge is 2.31. The molecule has 2 heterocycles. The number of carbonyl (C=O) groups is 1. The molecule has 0 radical (unpaired) electrons. The molecule has 0 spiro atoms. The minimum Gasteiger partial charge on any atom is -0.380 e. The van der Waals surface area contributed by atoms with E-state index in [4.69, 9.17) is 21.5 Å². The van der Waals surface area contributed by atoms with Crippen LogP contribution in [0.5, 0.6) is 0 Å². The van der Waals surface area contributed by atoms with E-state index in [-0.39, 0.29) is 12.3 Å². The van der Waals surface area contributed by atoms with Crippen molar-refractivity contribution >= 4 is 17.5 Å². The highest BCUT2D eigenvalue weighted by Crippen LogP contribution is 2.32. The van der Waals surface area contributed by atoms with E-state index in [2.05, 4.69) is 21.7 Å². The third-order valence-corrected chi connectivity index (χ3v) is 6.00. The van der Waals surface area contributed by atoms with Crippen molar-refractivity contribution in [2.24, 2.45) is 0 Å². The van der Waals surface area contributed by atoms with Gasteiger partial charge in [0, 0.05) is 29.9 Å². The highest BCUT2D eigenvalue weighted by molar-refractivity contribution is 6.30. The lowest BCUT2D eigenvalue weighted by atomic mass is 9.88. The number of aromatic nitrogens is 2. The Hall–Kier alpha value is -1.93. The third-order valence-electron chi connectivity index (χ3n) is 5.75. The lowest BCUT2D eigenvalue weighted by molar-refractivity contribution is -0.132. The van der Waals surface area contributed by atoms with E-state index in [1.54, 1.807) is 12.6 Å². The molecule has 8 heteroatoms. The highest BCUT2D eigenvalue weighted by atomic mass is 35.5. The summed E-state index contributed by atoms with van der Waals surface area (Å²) in [4.78, 5) is 14.2. The van der Waals surface area contributed by atoms with Gasteiger partial charge in [-0.2, -0.15) is 5.10 Å². The number of ether oxygens (including phenoxy) is 1. The van der Waals surface area contributed by atoms with Crippen molar-refractivity contribution in [3.8, 4) is 0 Å². The first-order chi connectivity index (χ1) is 14.0. The summed E-state index contributed by atoms with van der Waals surface area (Å²) < 4.78 is 7.82. The predicted octanol–water partition coefficient (Wildman–Crippen LogP) is 3.04. The summed E-state index contributed by atoms with van der Waals surface area (Å²) in [5, 5.41) is 14.3. The quantitative estimate of drug-likeness (QED) is 0.507. The molecule has 2 aromatic rings. The topological polar surface area (TPSA) is 79.6 Å². The average molecular weight is 421 g/mol. The van der Waals surface area contributed by atoms with Crippen LogP contribution in [0.15, 0.2) is 36.5 Å². The minimum atomic E-state index is -0.469. The second-order valence-electron chi connectivity index (χ2n) is 7.69. The Morgan fingerprint density at radius 3 is 2.62 bits per heavy atom. The number of hydroxylamine groups is 1. The maximum absolute atomic E-state index is 11.9. The maximum atomic E-state index is 11.9. The van der Waals surface area contributed by atoms with Crippen molar-refractivity contribution in [2.45, 2.75) is 43.7 Å². The van der Waals surface area contributed by atoms with Crippen LogP contribution in [0.4, 0.5) is 0 Å². The number of likely N-dealkylation sites (tertiary alicyclic amines) is 1. The van der Waals surface area contributed by atoms with E-state index in [9.17, 15) is 4.79 Å². The molecule has 2 atom stereocenters. The summed E-state index contributed by atoms with van der Waals surface area (Å²) in [5.41, 5.74) is 3.87. The van der Waals surface area contributed by atoms with Crippen LogP contribution in [0.1, 0.15) is 42.5 Å².